The predicted molar refractivity (Wildman–Crippen MR) is 90.0 cm³/mol. The maximum absolute atomic E-state index is 3.57. The average Bonchev–Trinajstić information content (AvgIpc) is 2.64. The van der Waals surface area contributed by atoms with Crippen LogP contribution in [0.3, 0.4) is 0 Å². The summed E-state index contributed by atoms with van der Waals surface area (Å²) >= 11 is 3.57. The molecule has 1 fully saturated rings. The number of nitrogens with zero attached hydrogens (tertiary/aromatic N) is 1. The Bertz CT molecular complexity index is 408. The van der Waals surface area contributed by atoms with Crippen molar-refractivity contribution in [1.82, 2.24) is 10.2 Å². The molecule has 0 amide bonds. The third kappa shape index (κ3) is 4.87. The van der Waals surface area contributed by atoms with Gasteiger partial charge in [0.1, 0.15) is 0 Å². The maximum atomic E-state index is 3.57. The summed E-state index contributed by atoms with van der Waals surface area (Å²) in [7, 11) is 2.07. The Labute approximate surface area is 132 Å². The normalized spacial score (nSPS) is 22.4. The van der Waals surface area contributed by atoms with Crippen LogP contribution < -0.4 is 5.32 Å². The van der Waals surface area contributed by atoms with Crippen molar-refractivity contribution in [1.29, 1.82) is 0 Å². The second kappa shape index (κ2) is 8.16. The van der Waals surface area contributed by atoms with E-state index in [0.717, 1.165) is 5.92 Å². The van der Waals surface area contributed by atoms with E-state index in [1.165, 1.54) is 55.4 Å². The number of hydrogen-bond donors (Lipinski definition) is 1. The van der Waals surface area contributed by atoms with Crippen molar-refractivity contribution in [2.45, 2.75) is 38.6 Å². The van der Waals surface area contributed by atoms with Crippen LogP contribution in [0.25, 0.3) is 0 Å². The van der Waals surface area contributed by atoms with Crippen molar-refractivity contribution in [2.75, 3.05) is 26.7 Å². The van der Waals surface area contributed by atoms with Crippen molar-refractivity contribution in [3.63, 3.8) is 0 Å². The molecular formula is C17H27BrN2. The van der Waals surface area contributed by atoms with Gasteiger partial charge in [-0.1, -0.05) is 35.0 Å². The molecule has 0 aromatic heterocycles. The molecule has 112 valence electrons. The van der Waals surface area contributed by atoms with Crippen molar-refractivity contribution in [3.05, 3.63) is 34.3 Å². The van der Waals surface area contributed by atoms with Gasteiger partial charge in [-0.05, 0) is 76.0 Å². The number of hydrogen-bond acceptors (Lipinski definition) is 2. The first-order valence-corrected chi connectivity index (χ1v) is 8.63. The molecule has 1 heterocycles. The van der Waals surface area contributed by atoms with Crippen LogP contribution in [-0.4, -0.2) is 31.6 Å². The predicted octanol–water partition coefficient (Wildman–Crippen LogP) is 4.22. The van der Waals surface area contributed by atoms with Crippen LogP contribution in [-0.2, 0) is 0 Å². The topological polar surface area (TPSA) is 15.3 Å². The molecule has 1 aromatic rings. The van der Waals surface area contributed by atoms with Gasteiger partial charge in [0.05, 0.1) is 0 Å². The highest BCUT2D eigenvalue weighted by atomic mass is 79.9. The van der Waals surface area contributed by atoms with E-state index in [0.29, 0.717) is 6.04 Å². The molecule has 2 unspecified atom stereocenters. The van der Waals surface area contributed by atoms with Crippen LogP contribution in [0.15, 0.2) is 28.7 Å². The summed E-state index contributed by atoms with van der Waals surface area (Å²) in [6, 6.07) is 9.11. The van der Waals surface area contributed by atoms with Crippen molar-refractivity contribution in [2.24, 2.45) is 5.92 Å². The van der Waals surface area contributed by atoms with Gasteiger partial charge in [-0.25, -0.2) is 0 Å². The van der Waals surface area contributed by atoms with Gasteiger partial charge in [0.15, 0.2) is 0 Å². The van der Waals surface area contributed by atoms with Gasteiger partial charge < -0.3 is 10.2 Å². The third-order valence-electron chi connectivity index (χ3n) is 4.44. The number of likely N-dealkylation sites (tertiary alicyclic amines) is 1. The van der Waals surface area contributed by atoms with Gasteiger partial charge in [-0.15, -0.1) is 0 Å². The van der Waals surface area contributed by atoms with Crippen LogP contribution in [0.5, 0.6) is 0 Å². The summed E-state index contributed by atoms with van der Waals surface area (Å²) in [5.74, 6) is 0.908. The molecule has 1 aliphatic heterocycles. The lowest BCUT2D eigenvalue weighted by atomic mass is 10.0. The van der Waals surface area contributed by atoms with Gasteiger partial charge in [-0.2, -0.15) is 0 Å². The van der Waals surface area contributed by atoms with E-state index in [4.69, 9.17) is 0 Å². The first-order chi connectivity index (χ1) is 9.69. The van der Waals surface area contributed by atoms with Gasteiger partial charge in [0.2, 0.25) is 0 Å². The van der Waals surface area contributed by atoms with Gasteiger partial charge in [-0.3, -0.25) is 0 Å². The van der Waals surface area contributed by atoms with E-state index in [1.54, 1.807) is 0 Å². The molecule has 0 saturated carbocycles. The first kappa shape index (κ1) is 16.0. The Balaban J connectivity index is 1.87. The molecular weight excluding hydrogens is 312 g/mol. The van der Waals surface area contributed by atoms with Crippen LogP contribution >= 0.6 is 15.9 Å². The smallest absolute Gasteiger partial charge is 0.0330 e. The van der Waals surface area contributed by atoms with Crippen molar-refractivity contribution < 1.29 is 0 Å². The fraction of sp³-hybridized carbons (Fsp3) is 0.647. The highest BCUT2D eigenvalue weighted by Crippen LogP contribution is 2.22. The molecule has 1 aromatic carbocycles. The van der Waals surface area contributed by atoms with E-state index in [2.05, 4.69) is 64.4 Å². The fourth-order valence-electron chi connectivity index (χ4n) is 3.06. The highest BCUT2D eigenvalue weighted by Gasteiger charge is 2.16. The minimum atomic E-state index is 0.452. The Morgan fingerprint density at radius 2 is 2.20 bits per heavy atom. The molecule has 2 rings (SSSR count). The second-order valence-electron chi connectivity index (χ2n) is 6.06. The van der Waals surface area contributed by atoms with Crippen molar-refractivity contribution >= 4 is 15.9 Å². The molecule has 0 spiro atoms. The number of rotatable bonds is 5. The standard InChI is InChI=1S/C17H27BrN2/c1-14-5-4-10-20(11-8-14)12-9-17(19-2)15-6-3-7-16(18)13-15/h3,6-7,13-14,17,19H,4-5,8-12H2,1-2H3. The van der Waals surface area contributed by atoms with E-state index >= 15 is 0 Å². The summed E-state index contributed by atoms with van der Waals surface area (Å²) in [5.41, 5.74) is 1.38. The molecule has 0 bridgehead atoms. The SMILES string of the molecule is CNC(CCN1CCCC(C)CC1)c1cccc(Br)c1. The van der Waals surface area contributed by atoms with Gasteiger partial charge >= 0.3 is 0 Å². The quantitative estimate of drug-likeness (QED) is 0.864. The van der Waals surface area contributed by atoms with E-state index in [9.17, 15) is 0 Å². The summed E-state index contributed by atoms with van der Waals surface area (Å²) in [6.45, 7) is 6.14. The zero-order chi connectivity index (χ0) is 14.4. The zero-order valence-corrected chi connectivity index (χ0v) is 14.3. The fourth-order valence-corrected chi connectivity index (χ4v) is 3.48. The van der Waals surface area contributed by atoms with Crippen LogP contribution in [0, 0.1) is 5.92 Å². The van der Waals surface area contributed by atoms with E-state index in [1.807, 2.05) is 0 Å². The van der Waals surface area contributed by atoms with Crippen LogP contribution in [0.4, 0.5) is 0 Å². The van der Waals surface area contributed by atoms with E-state index in [-0.39, 0.29) is 0 Å². The molecule has 2 atom stereocenters. The van der Waals surface area contributed by atoms with Gasteiger partial charge in [0, 0.05) is 10.5 Å². The minimum absolute atomic E-state index is 0.452. The molecule has 20 heavy (non-hydrogen) atoms. The maximum Gasteiger partial charge on any atom is 0.0330 e. The Morgan fingerprint density at radius 1 is 1.35 bits per heavy atom. The second-order valence-corrected chi connectivity index (χ2v) is 6.98. The van der Waals surface area contributed by atoms with Crippen molar-refractivity contribution in [3.8, 4) is 0 Å². The summed E-state index contributed by atoms with van der Waals surface area (Å²) in [6.07, 6.45) is 5.31. The summed E-state index contributed by atoms with van der Waals surface area (Å²) in [5, 5.41) is 3.46. The monoisotopic (exact) mass is 338 g/mol. The molecule has 0 radical (unpaired) electrons. The zero-order valence-electron chi connectivity index (χ0n) is 12.7. The molecule has 1 saturated heterocycles. The number of benzene rings is 1. The highest BCUT2D eigenvalue weighted by molar-refractivity contribution is 9.10. The lowest BCUT2D eigenvalue weighted by Crippen LogP contribution is -2.29. The molecule has 3 heteroatoms. The van der Waals surface area contributed by atoms with Crippen LogP contribution in [0.2, 0.25) is 0 Å². The number of nitrogens with one attached hydrogen (secondary N) is 1. The average molecular weight is 339 g/mol. The molecule has 2 nitrogen and oxygen atoms in total. The first-order valence-electron chi connectivity index (χ1n) is 7.84. The molecule has 1 N–H and O–H groups in total. The Morgan fingerprint density at radius 3 is 2.95 bits per heavy atom. The van der Waals surface area contributed by atoms with E-state index < -0.39 is 0 Å². The largest absolute Gasteiger partial charge is 0.313 e. The minimum Gasteiger partial charge on any atom is -0.313 e. The van der Waals surface area contributed by atoms with Gasteiger partial charge in [0.25, 0.3) is 0 Å². The molecule has 1 aliphatic rings. The van der Waals surface area contributed by atoms with Crippen LogP contribution in [0.1, 0.15) is 44.2 Å². The lowest BCUT2D eigenvalue weighted by Gasteiger charge is -2.24. The summed E-state index contributed by atoms with van der Waals surface area (Å²) < 4.78 is 1.17. The third-order valence-corrected chi connectivity index (χ3v) is 4.94. The summed E-state index contributed by atoms with van der Waals surface area (Å²) in [4.78, 5) is 2.64. The Kier molecular flexibility index (Phi) is 6.53. The Hall–Kier alpha value is -0.380. The number of halogens is 1. The molecule has 0 aliphatic carbocycles. The lowest BCUT2D eigenvalue weighted by molar-refractivity contribution is 0.265.